The number of rotatable bonds is 5. The fourth-order valence-electron chi connectivity index (χ4n) is 3.07. The summed E-state index contributed by atoms with van der Waals surface area (Å²) in [5.41, 5.74) is 3.33. The minimum atomic E-state index is -0.953. The molecule has 0 saturated carbocycles. The molecule has 0 atom stereocenters. The number of hydrogen-bond donors (Lipinski definition) is 1. The molecule has 0 saturated heterocycles. The van der Waals surface area contributed by atoms with E-state index in [0.717, 1.165) is 35.3 Å². The van der Waals surface area contributed by atoms with E-state index in [9.17, 15) is 9.59 Å². The van der Waals surface area contributed by atoms with Crippen molar-refractivity contribution in [2.75, 3.05) is 13.2 Å². The first kappa shape index (κ1) is 17.0. The monoisotopic (exact) mass is 339 g/mol. The predicted octanol–water partition coefficient (Wildman–Crippen LogP) is 2.91. The average molecular weight is 339 g/mol. The molecule has 1 N–H and O–H groups in total. The number of ether oxygens (including phenoxy) is 1. The zero-order valence-corrected chi connectivity index (χ0v) is 14.2. The second-order valence-corrected chi connectivity index (χ2v) is 6.10. The first-order valence-electron chi connectivity index (χ1n) is 8.42. The average Bonchev–Trinajstić information content (AvgIpc) is 2.65. The molecule has 1 amide bonds. The van der Waals surface area contributed by atoms with Crippen molar-refractivity contribution in [1.82, 2.24) is 4.90 Å². The SMILES string of the molecule is CCc1ccccc1OCC(=O)N1CCc2ccc(C(=O)O)cc2C1. The quantitative estimate of drug-likeness (QED) is 0.909. The van der Waals surface area contributed by atoms with Crippen molar-refractivity contribution in [2.45, 2.75) is 26.3 Å². The van der Waals surface area contributed by atoms with Crippen LogP contribution in [0.25, 0.3) is 0 Å². The number of fused-ring (bicyclic) bond motifs is 1. The minimum absolute atomic E-state index is 0.00896. The van der Waals surface area contributed by atoms with Gasteiger partial charge >= 0.3 is 5.97 Å². The zero-order valence-electron chi connectivity index (χ0n) is 14.2. The summed E-state index contributed by atoms with van der Waals surface area (Å²) in [6, 6.07) is 12.8. The highest BCUT2D eigenvalue weighted by molar-refractivity contribution is 5.88. The Bertz CT molecular complexity index is 800. The molecule has 25 heavy (non-hydrogen) atoms. The maximum Gasteiger partial charge on any atom is 0.335 e. The molecule has 2 aromatic rings. The van der Waals surface area contributed by atoms with E-state index in [1.165, 1.54) is 0 Å². The van der Waals surface area contributed by atoms with Crippen LogP contribution in [0, 0.1) is 0 Å². The molecule has 1 aliphatic heterocycles. The van der Waals surface area contributed by atoms with Crippen molar-refractivity contribution in [3.63, 3.8) is 0 Å². The van der Waals surface area contributed by atoms with E-state index < -0.39 is 5.97 Å². The topological polar surface area (TPSA) is 66.8 Å². The van der Waals surface area contributed by atoms with Gasteiger partial charge in [0, 0.05) is 13.1 Å². The van der Waals surface area contributed by atoms with Gasteiger partial charge in [-0.1, -0.05) is 31.2 Å². The Morgan fingerprint density at radius 2 is 1.96 bits per heavy atom. The van der Waals surface area contributed by atoms with Crippen LogP contribution in [0.5, 0.6) is 5.75 Å². The molecule has 130 valence electrons. The van der Waals surface area contributed by atoms with Crippen molar-refractivity contribution in [2.24, 2.45) is 0 Å². The number of para-hydroxylation sites is 1. The van der Waals surface area contributed by atoms with E-state index in [1.807, 2.05) is 37.3 Å². The van der Waals surface area contributed by atoms with Gasteiger partial charge < -0.3 is 14.7 Å². The molecule has 5 heteroatoms. The molecule has 0 bridgehead atoms. The van der Waals surface area contributed by atoms with E-state index >= 15 is 0 Å². The van der Waals surface area contributed by atoms with E-state index in [1.54, 1.807) is 17.0 Å². The van der Waals surface area contributed by atoms with Gasteiger partial charge in [-0.25, -0.2) is 4.79 Å². The summed E-state index contributed by atoms with van der Waals surface area (Å²) >= 11 is 0. The lowest BCUT2D eigenvalue weighted by molar-refractivity contribution is -0.134. The van der Waals surface area contributed by atoms with Crippen LogP contribution in [-0.2, 0) is 24.2 Å². The van der Waals surface area contributed by atoms with E-state index in [2.05, 4.69) is 0 Å². The molecule has 0 aromatic heterocycles. The molecule has 1 heterocycles. The normalized spacial score (nSPS) is 13.2. The summed E-state index contributed by atoms with van der Waals surface area (Å²) in [5.74, 6) is -0.299. The van der Waals surface area contributed by atoms with E-state index in [0.29, 0.717) is 13.1 Å². The third kappa shape index (κ3) is 3.82. The Kier molecular flexibility index (Phi) is 5.03. The largest absolute Gasteiger partial charge is 0.483 e. The Morgan fingerprint density at radius 1 is 1.16 bits per heavy atom. The second-order valence-electron chi connectivity index (χ2n) is 6.10. The number of hydrogen-bond acceptors (Lipinski definition) is 3. The molecule has 0 radical (unpaired) electrons. The van der Waals surface area contributed by atoms with Crippen molar-refractivity contribution < 1.29 is 19.4 Å². The minimum Gasteiger partial charge on any atom is -0.483 e. The zero-order chi connectivity index (χ0) is 17.8. The third-order valence-corrected chi connectivity index (χ3v) is 4.52. The van der Waals surface area contributed by atoms with Gasteiger partial charge in [0.2, 0.25) is 0 Å². The summed E-state index contributed by atoms with van der Waals surface area (Å²) in [7, 11) is 0. The lowest BCUT2D eigenvalue weighted by atomic mass is 9.97. The van der Waals surface area contributed by atoms with Gasteiger partial charge in [-0.15, -0.1) is 0 Å². The number of benzene rings is 2. The Labute approximate surface area is 146 Å². The second kappa shape index (κ2) is 7.38. The molecule has 3 rings (SSSR count). The summed E-state index contributed by atoms with van der Waals surface area (Å²) < 4.78 is 5.71. The molecule has 1 aliphatic rings. The van der Waals surface area contributed by atoms with Crippen LogP contribution in [0.2, 0.25) is 0 Å². The molecule has 0 unspecified atom stereocenters. The van der Waals surface area contributed by atoms with Gasteiger partial charge in [-0.3, -0.25) is 4.79 Å². The van der Waals surface area contributed by atoms with Gasteiger partial charge in [0.15, 0.2) is 6.61 Å². The standard InChI is InChI=1S/C20H21NO4/c1-2-14-5-3-4-6-18(14)25-13-19(22)21-10-9-15-7-8-16(20(23)24)11-17(15)12-21/h3-8,11H,2,9-10,12-13H2,1H3,(H,23,24). The smallest absolute Gasteiger partial charge is 0.335 e. The Balaban J connectivity index is 1.66. The third-order valence-electron chi connectivity index (χ3n) is 4.52. The Hall–Kier alpha value is -2.82. The number of carbonyl (C=O) groups excluding carboxylic acids is 1. The summed E-state index contributed by atoms with van der Waals surface area (Å²) in [6.07, 6.45) is 1.58. The van der Waals surface area contributed by atoms with Crippen LogP contribution in [0.15, 0.2) is 42.5 Å². The van der Waals surface area contributed by atoms with Crippen LogP contribution in [0.1, 0.15) is 34.0 Å². The van der Waals surface area contributed by atoms with Crippen molar-refractivity contribution in [3.8, 4) is 5.75 Å². The maximum absolute atomic E-state index is 12.5. The van der Waals surface area contributed by atoms with Crippen LogP contribution in [-0.4, -0.2) is 35.0 Å². The van der Waals surface area contributed by atoms with Gasteiger partial charge in [0.25, 0.3) is 5.91 Å². The molecule has 5 nitrogen and oxygen atoms in total. The molecule has 0 spiro atoms. The highest BCUT2D eigenvalue weighted by Gasteiger charge is 2.22. The highest BCUT2D eigenvalue weighted by atomic mass is 16.5. The number of aryl methyl sites for hydroxylation is 1. The van der Waals surface area contributed by atoms with Crippen molar-refractivity contribution in [1.29, 1.82) is 0 Å². The number of carbonyl (C=O) groups is 2. The maximum atomic E-state index is 12.5. The number of amides is 1. The fraction of sp³-hybridized carbons (Fsp3) is 0.300. The summed E-state index contributed by atoms with van der Waals surface area (Å²) in [6.45, 7) is 3.09. The van der Waals surface area contributed by atoms with Gasteiger partial charge in [-0.05, 0) is 47.7 Å². The number of aromatic carboxylic acids is 1. The lowest BCUT2D eigenvalue weighted by Gasteiger charge is -2.29. The van der Waals surface area contributed by atoms with Crippen molar-refractivity contribution >= 4 is 11.9 Å². The number of nitrogens with zero attached hydrogens (tertiary/aromatic N) is 1. The number of carboxylic acid groups (broad SMARTS) is 1. The highest BCUT2D eigenvalue weighted by Crippen LogP contribution is 2.22. The van der Waals surface area contributed by atoms with Crippen LogP contribution in [0.3, 0.4) is 0 Å². The molecular formula is C20H21NO4. The number of carboxylic acids is 1. The molecule has 2 aromatic carbocycles. The van der Waals surface area contributed by atoms with Gasteiger partial charge in [0.05, 0.1) is 5.56 Å². The van der Waals surface area contributed by atoms with Crippen LogP contribution >= 0.6 is 0 Å². The lowest BCUT2D eigenvalue weighted by Crippen LogP contribution is -2.39. The summed E-state index contributed by atoms with van der Waals surface area (Å²) in [4.78, 5) is 25.3. The van der Waals surface area contributed by atoms with Gasteiger partial charge in [-0.2, -0.15) is 0 Å². The Morgan fingerprint density at radius 3 is 2.72 bits per heavy atom. The van der Waals surface area contributed by atoms with Gasteiger partial charge in [0.1, 0.15) is 5.75 Å². The van der Waals surface area contributed by atoms with E-state index in [4.69, 9.17) is 9.84 Å². The first-order valence-corrected chi connectivity index (χ1v) is 8.42. The first-order chi connectivity index (χ1) is 12.1. The predicted molar refractivity (Wildman–Crippen MR) is 93.8 cm³/mol. The molecular weight excluding hydrogens is 318 g/mol. The van der Waals surface area contributed by atoms with Crippen LogP contribution in [0.4, 0.5) is 0 Å². The summed E-state index contributed by atoms with van der Waals surface area (Å²) in [5, 5.41) is 9.12. The molecule has 0 aliphatic carbocycles. The fourth-order valence-corrected chi connectivity index (χ4v) is 3.07. The van der Waals surface area contributed by atoms with Crippen LogP contribution < -0.4 is 4.74 Å². The molecule has 0 fully saturated rings. The van der Waals surface area contributed by atoms with E-state index in [-0.39, 0.29) is 18.1 Å². The van der Waals surface area contributed by atoms with Crippen molar-refractivity contribution in [3.05, 3.63) is 64.7 Å².